The third kappa shape index (κ3) is 5.64. The lowest BCUT2D eigenvalue weighted by atomic mass is 9.77. The van der Waals surface area contributed by atoms with Crippen LogP contribution in [0, 0.1) is 18.8 Å². The van der Waals surface area contributed by atoms with E-state index in [0.29, 0.717) is 11.1 Å². The molecule has 0 radical (unpaired) electrons. The quantitative estimate of drug-likeness (QED) is 0.311. The number of hydrogen-bond donors (Lipinski definition) is 1. The van der Waals surface area contributed by atoms with Crippen molar-refractivity contribution in [3.05, 3.63) is 102 Å². The van der Waals surface area contributed by atoms with Crippen LogP contribution in [-0.2, 0) is 24.5 Å². The van der Waals surface area contributed by atoms with Crippen LogP contribution >= 0.6 is 0 Å². The minimum atomic E-state index is -3.92. The van der Waals surface area contributed by atoms with E-state index in [4.69, 9.17) is 4.18 Å². The van der Waals surface area contributed by atoms with E-state index in [1.807, 2.05) is 37.3 Å². The van der Waals surface area contributed by atoms with Crippen LogP contribution in [0.4, 0.5) is 0 Å². The lowest BCUT2D eigenvalue weighted by Crippen LogP contribution is -2.35. The summed E-state index contributed by atoms with van der Waals surface area (Å²) >= 11 is 0. The summed E-state index contributed by atoms with van der Waals surface area (Å²) < 4.78 is 30.0. The summed E-state index contributed by atoms with van der Waals surface area (Å²) in [6.07, 6.45) is 0.283. The first-order valence-corrected chi connectivity index (χ1v) is 11.6. The topological polar surface area (TPSA) is 80.7 Å². The fourth-order valence-electron chi connectivity index (χ4n) is 3.26. The fourth-order valence-corrected chi connectivity index (χ4v) is 4.21. The van der Waals surface area contributed by atoms with E-state index in [0.717, 1.165) is 5.56 Å². The lowest BCUT2D eigenvalue weighted by molar-refractivity contribution is -0.141. The Kier molecular flexibility index (Phi) is 7.47. The molecule has 1 atom stereocenters. The van der Waals surface area contributed by atoms with Crippen molar-refractivity contribution in [3.63, 3.8) is 0 Å². The molecular formula is C26H24O5S. The molecule has 0 aromatic heterocycles. The molecule has 5 nitrogen and oxygen atoms in total. The first-order chi connectivity index (χ1) is 15.3. The van der Waals surface area contributed by atoms with Crippen molar-refractivity contribution >= 4 is 16.1 Å². The van der Waals surface area contributed by atoms with Crippen LogP contribution in [0.3, 0.4) is 0 Å². The zero-order chi connectivity index (χ0) is 23.0. The Morgan fingerprint density at radius 3 is 2.12 bits per heavy atom. The first kappa shape index (κ1) is 23.3. The number of aliphatic carboxylic acids is 1. The molecule has 1 N–H and O–H groups in total. The van der Waals surface area contributed by atoms with Gasteiger partial charge in [-0.3, -0.25) is 8.98 Å². The van der Waals surface area contributed by atoms with Crippen molar-refractivity contribution in [1.29, 1.82) is 0 Å². The summed E-state index contributed by atoms with van der Waals surface area (Å²) in [5, 5.41) is 10.2. The van der Waals surface area contributed by atoms with Gasteiger partial charge in [0.05, 0.1) is 11.5 Å². The molecule has 32 heavy (non-hydrogen) atoms. The molecule has 0 aliphatic carbocycles. The van der Waals surface area contributed by atoms with E-state index in [9.17, 15) is 18.3 Å². The van der Waals surface area contributed by atoms with E-state index >= 15 is 0 Å². The number of aryl methyl sites for hydroxylation is 1. The van der Waals surface area contributed by atoms with Gasteiger partial charge in [0.1, 0.15) is 0 Å². The van der Waals surface area contributed by atoms with E-state index < -0.39 is 21.5 Å². The van der Waals surface area contributed by atoms with Gasteiger partial charge in [0.25, 0.3) is 10.1 Å². The zero-order valence-electron chi connectivity index (χ0n) is 17.7. The second kappa shape index (κ2) is 10.3. The highest BCUT2D eigenvalue weighted by Gasteiger charge is 2.38. The smallest absolute Gasteiger partial charge is 0.326 e. The molecule has 0 heterocycles. The molecule has 0 aliphatic rings. The summed E-state index contributed by atoms with van der Waals surface area (Å²) in [5.74, 6) is 4.82. The number of carboxylic acid groups (broad SMARTS) is 1. The highest BCUT2D eigenvalue weighted by atomic mass is 32.2. The van der Waals surface area contributed by atoms with Crippen LogP contribution in [0.25, 0.3) is 0 Å². The van der Waals surface area contributed by atoms with Crippen molar-refractivity contribution in [1.82, 2.24) is 0 Å². The van der Waals surface area contributed by atoms with Gasteiger partial charge in [0.2, 0.25) is 0 Å². The van der Waals surface area contributed by atoms with Crippen molar-refractivity contribution in [2.75, 3.05) is 6.61 Å². The molecule has 0 amide bonds. The molecule has 3 aromatic rings. The minimum absolute atomic E-state index is 0.0690. The van der Waals surface area contributed by atoms with Gasteiger partial charge in [0, 0.05) is 5.56 Å². The third-order valence-corrected chi connectivity index (χ3v) is 6.40. The SMILES string of the molecule is Cc1ccc(S(=O)(=O)OCCCC(C#Cc2ccccc2)(C(=O)O)c2ccccc2)cc1. The van der Waals surface area contributed by atoms with E-state index in [1.54, 1.807) is 42.5 Å². The van der Waals surface area contributed by atoms with Gasteiger partial charge in [-0.1, -0.05) is 78.1 Å². The zero-order valence-corrected chi connectivity index (χ0v) is 18.5. The van der Waals surface area contributed by atoms with Crippen molar-refractivity contribution < 1.29 is 22.5 Å². The highest BCUT2D eigenvalue weighted by molar-refractivity contribution is 7.86. The lowest BCUT2D eigenvalue weighted by Gasteiger charge is -2.24. The number of benzene rings is 3. The predicted octanol–water partition coefficient (Wildman–Crippen LogP) is 4.55. The van der Waals surface area contributed by atoms with Gasteiger partial charge in [0.15, 0.2) is 5.41 Å². The molecule has 3 rings (SSSR count). The van der Waals surface area contributed by atoms with Gasteiger partial charge >= 0.3 is 5.97 Å². The Labute approximate surface area is 188 Å². The number of hydrogen-bond acceptors (Lipinski definition) is 4. The van der Waals surface area contributed by atoms with Gasteiger partial charge < -0.3 is 5.11 Å². The summed E-state index contributed by atoms with van der Waals surface area (Å²) in [6.45, 7) is 1.72. The normalized spacial score (nSPS) is 12.9. The first-order valence-electron chi connectivity index (χ1n) is 10.2. The maximum atomic E-state index is 12.4. The standard InChI is InChI=1S/C26H24O5S/c1-21-13-15-24(16-14-21)32(29,30)31-20-8-18-26(25(27)28,23-11-6-3-7-12-23)19-17-22-9-4-2-5-10-22/h2-7,9-16H,8,18,20H2,1H3,(H,27,28). The third-order valence-electron chi connectivity index (χ3n) is 5.07. The predicted molar refractivity (Wildman–Crippen MR) is 123 cm³/mol. The van der Waals surface area contributed by atoms with Crippen LogP contribution in [0.1, 0.15) is 29.5 Å². The summed E-state index contributed by atoms with van der Waals surface area (Å²) in [5.41, 5.74) is 0.688. The Morgan fingerprint density at radius 2 is 1.53 bits per heavy atom. The fraction of sp³-hybridized carbons (Fsp3) is 0.192. The number of rotatable bonds is 8. The molecule has 6 heteroatoms. The van der Waals surface area contributed by atoms with Crippen LogP contribution in [0.2, 0.25) is 0 Å². The van der Waals surface area contributed by atoms with Crippen LogP contribution < -0.4 is 0 Å². The molecule has 164 valence electrons. The maximum Gasteiger partial charge on any atom is 0.326 e. The summed E-state index contributed by atoms with van der Waals surface area (Å²) in [7, 11) is -3.92. The molecule has 0 bridgehead atoms. The molecule has 3 aromatic carbocycles. The Balaban J connectivity index is 1.81. The van der Waals surface area contributed by atoms with Crippen molar-refractivity contribution in [2.24, 2.45) is 0 Å². The van der Waals surface area contributed by atoms with Gasteiger partial charge in [-0.05, 0) is 49.6 Å². The van der Waals surface area contributed by atoms with Gasteiger partial charge in [-0.25, -0.2) is 0 Å². The molecule has 0 spiro atoms. The van der Waals surface area contributed by atoms with Crippen LogP contribution in [0.15, 0.2) is 89.8 Å². The largest absolute Gasteiger partial charge is 0.480 e. The summed E-state index contributed by atoms with van der Waals surface area (Å²) in [4.78, 5) is 12.5. The second-order valence-electron chi connectivity index (χ2n) is 7.39. The molecule has 0 saturated heterocycles. The number of carbonyl (C=O) groups is 1. The van der Waals surface area contributed by atoms with Gasteiger partial charge in [-0.15, -0.1) is 0 Å². The van der Waals surface area contributed by atoms with Gasteiger partial charge in [-0.2, -0.15) is 8.42 Å². The van der Waals surface area contributed by atoms with E-state index in [-0.39, 0.29) is 24.3 Å². The Hall–Kier alpha value is -3.40. The molecule has 0 fully saturated rings. The monoisotopic (exact) mass is 448 g/mol. The summed E-state index contributed by atoms with van der Waals surface area (Å²) in [6, 6.07) is 24.3. The molecular weight excluding hydrogens is 424 g/mol. The second-order valence-corrected chi connectivity index (χ2v) is 9.00. The minimum Gasteiger partial charge on any atom is -0.480 e. The molecule has 0 aliphatic heterocycles. The van der Waals surface area contributed by atoms with Crippen molar-refractivity contribution in [2.45, 2.75) is 30.1 Å². The van der Waals surface area contributed by atoms with E-state index in [1.165, 1.54) is 12.1 Å². The highest BCUT2D eigenvalue weighted by Crippen LogP contribution is 2.30. The van der Waals surface area contributed by atoms with E-state index in [2.05, 4.69) is 11.8 Å². The van der Waals surface area contributed by atoms with Crippen molar-refractivity contribution in [3.8, 4) is 11.8 Å². The maximum absolute atomic E-state index is 12.4. The van der Waals surface area contributed by atoms with Crippen LogP contribution in [0.5, 0.6) is 0 Å². The van der Waals surface area contributed by atoms with Crippen LogP contribution in [-0.4, -0.2) is 26.1 Å². The average molecular weight is 449 g/mol. The molecule has 0 saturated carbocycles. The average Bonchev–Trinajstić information content (AvgIpc) is 2.80. The Morgan fingerprint density at radius 1 is 0.938 bits per heavy atom. The Bertz CT molecular complexity index is 1210. The molecule has 1 unspecified atom stereocenters. The number of carboxylic acids is 1.